The van der Waals surface area contributed by atoms with Gasteiger partial charge in [-0.3, -0.25) is 24.1 Å². The number of hydrogen-bond donors (Lipinski definition) is 7. The summed E-state index contributed by atoms with van der Waals surface area (Å²) in [4.78, 5) is 55.2. The number of hydrogen-bond acceptors (Lipinski definition) is 11. The quantitative estimate of drug-likeness (QED) is 0.120. The van der Waals surface area contributed by atoms with Crippen LogP contribution in [0.3, 0.4) is 0 Å². The number of nitrogens with one attached hydrogen (secondary N) is 2. The van der Waals surface area contributed by atoms with Crippen molar-refractivity contribution >= 4 is 40.5 Å². The highest BCUT2D eigenvalue weighted by molar-refractivity contribution is 6.24. The molecule has 1 saturated carbocycles. The van der Waals surface area contributed by atoms with E-state index in [1.54, 1.807) is 39.2 Å². The van der Waals surface area contributed by atoms with Gasteiger partial charge in [0, 0.05) is 31.3 Å². The zero-order chi connectivity index (χ0) is 31.3. The number of fused-ring (bicyclic) bond motifs is 3. The third-order valence-corrected chi connectivity index (χ3v) is 8.45. The van der Waals surface area contributed by atoms with Gasteiger partial charge < -0.3 is 41.7 Å². The number of aromatic hydroxyl groups is 1. The molecule has 8 N–H and O–H groups in total. The van der Waals surface area contributed by atoms with Gasteiger partial charge in [0.05, 0.1) is 23.8 Å². The van der Waals surface area contributed by atoms with Crippen LogP contribution in [0.2, 0.25) is 0 Å². The Morgan fingerprint density at radius 2 is 1.81 bits per heavy atom. The minimum atomic E-state index is -2.72. The number of phenolic OH excluding ortho intramolecular Hbond substituents is 1. The summed E-state index contributed by atoms with van der Waals surface area (Å²) in [6.07, 6.45) is 1.98. The largest absolute Gasteiger partial charge is 0.508 e. The molecule has 1 aromatic carbocycles. The first-order valence-corrected chi connectivity index (χ1v) is 13.9. The second kappa shape index (κ2) is 11.4. The van der Waals surface area contributed by atoms with Crippen molar-refractivity contribution in [3.63, 3.8) is 0 Å². The number of Topliss-reactive ketones (excluding diaryl/α,β-unsaturated/α-hetero) is 2. The van der Waals surface area contributed by atoms with Gasteiger partial charge in [-0.05, 0) is 57.5 Å². The van der Waals surface area contributed by atoms with E-state index in [-0.39, 0.29) is 36.2 Å². The summed E-state index contributed by atoms with van der Waals surface area (Å²) in [6.45, 7) is 2.66. The first-order chi connectivity index (χ1) is 19.7. The normalized spacial score (nSPS) is 25.3. The summed E-state index contributed by atoms with van der Waals surface area (Å²) in [6, 6.07) is 0.422. The minimum absolute atomic E-state index is 0.00452. The number of ketones is 2. The molecule has 0 radical (unpaired) electrons. The summed E-state index contributed by atoms with van der Waals surface area (Å²) in [7, 11) is 6.60. The molecule has 42 heavy (non-hydrogen) atoms. The molecule has 0 bridgehead atoms. The second-order valence-electron chi connectivity index (χ2n) is 11.6. The van der Waals surface area contributed by atoms with Crippen molar-refractivity contribution in [3.8, 4) is 5.75 Å². The highest BCUT2D eigenvalue weighted by Crippen LogP contribution is 2.54. The van der Waals surface area contributed by atoms with Crippen molar-refractivity contribution in [2.24, 2.45) is 17.6 Å². The van der Waals surface area contributed by atoms with Crippen LogP contribution < -0.4 is 21.3 Å². The highest BCUT2D eigenvalue weighted by Gasteiger charge is 2.64. The van der Waals surface area contributed by atoms with E-state index in [1.165, 1.54) is 4.90 Å². The van der Waals surface area contributed by atoms with Crippen LogP contribution in [0, 0.1) is 11.8 Å². The van der Waals surface area contributed by atoms with Crippen LogP contribution in [-0.2, 0) is 25.6 Å². The van der Waals surface area contributed by atoms with Crippen molar-refractivity contribution in [1.29, 1.82) is 0 Å². The maximum atomic E-state index is 14.0. The predicted octanol–water partition coefficient (Wildman–Crippen LogP) is 0.358. The lowest BCUT2D eigenvalue weighted by Crippen LogP contribution is -2.65. The van der Waals surface area contributed by atoms with E-state index >= 15 is 0 Å². The van der Waals surface area contributed by atoms with Gasteiger partial charge >= 0.3 is 0 Å². The molecule has 3 aliphatic carbocycles. The minimum Gasteiger partial charge on any atom is -0.508 e. The standard InChI is InChI=1S/C29H39N5O8/c1-6-7-8-31-12-18(35)32-16-11-17(33(2)3)14-9-13-10-15-22(34(4)5)25(38)21(28(30)41)27(40)29(15,42)26(39)19(13)24(37)20(14)23(16)36/h11,13,15,22,31,36-37,40,42H,6-10,12H2,1-5H3,(H2,30,41)(H,32,35)/t13-,15-,22-,29-/m0/s1. The Hall–Kier alpha value is -3.94. The van der Waals surface area contributed by atoms with E-state index in [0.29, 0.717) is 17.8 Å². The Morgan fingerprint density at radius 3 is 2.38 bits per heavy atom. The van der Waals surface area contributed by atoms with Crippen molar-refractivity contribution in [1.82, 2.24) is 10.2 Å². The zero-order valence-corrected chi connectivity index (χ0v) is 24.4. The lowest BCUT2D eigenvalue weighted by Gasteiger charge is -2.50. The number of nitrogens with zero attached hydrogens (tertiary/aromatic N) is 2. The second-order valence-corrected chi connectivity index (χ2v) is 11.6. The Labute approximate surface area is 243 Å². The van der Waals surface area contributed by atoms with E-state index in [1.807, 2.05) is 6.92 Å². The van der Waals surface area contributed by atoms with Crippen LogP contribution in [0.4, 0.5) is 11.4 Å². The van der Waals surface area contributed by atoms with Crippen molar-refractivity contribution < 1.29 is 39.6 Å². The molecule has 2 amide bonds. The number of aliphatic hydroxyl groups is 3. The lowest BCUT2D eigenvalue weighted by atomic mass is 9.57. The molecule has 1 fully saturated rings. The van der Waals surface area contributed by atoms with Gasteiger partial charge in [0.2, 0.25) is 11.7 Å². The molecule has 228 valence electrons. The Morgan fingerprint density at radius 1 is 1.14 bits per heavy atom. The number of carbonyl (C=O) groups excluding carboxylic acids is 4. The fourth-order valence-corrected chi connectivity index (χ4v) is 6.48. The van der Waals surface area contributed by atoms with Crippen LogP contribution in [0.15, 0.2) is 23.0 Å². The number of amides is 2. The molecule has 13 nitrogen and oxygen atoms in total. The number of aliphatic hydroxyl groups excluding tert-OH is 2. The van der Waals surface area contributed by atoms with Gasteiger partial charge in [0.1, 0.15) is 22.8 Å². The molecular weight excluding hydrogens is 546 g/mol. The van der Waals surface area contributed by atoms with E-state index in [0.717, 1.165) is 12.8 Å². The monoisotopic (exact) mass is 585 g/mol. The topological polar surface area (TPSA) is 206 Å². The molecule has 1 aromatic rings. The smallest absolute Gasteiger partial charge is 0.255 e. The summed E-state index contributed by atoms with van der Waals surface area (Å²) in [5.41, 5.74) is 2.51. The van der Waals surface area contributed by atoms with Crippen LogP contribution in [0.5, 0.6) is 5.75 Å². The number of likely N-dealkylation sites (N-methyl/N-ethyl adjacent to an activating group) is 1. The van der Waals surface area contributed by atoms with Gasteiger partial charge in [0.25, 0.3) is 5.91 Å². The van der Waals surface area contributed by atoms with Gasteiger partial charge in [-0.1, -0.05) is 13.3 Å². The van der Waals surface area contributed by atoms with Crippen LogP contribution in [0.25, 0.3) is 5.76 Å². The van der Waals surface area contributed by atoms with Gasteiger partial charge in [0.15, 0.2) is 11.4 Å². The first-order valence-electron chi connectivity index (χ1n) is 13.9. The Kier molecular flexibility index (Phi) is 8.40. The molecule has 4 atom stereocenters. The average Bonchev–Trinajstić information content (AvgIpc) is 2.89. The van der Waals surface area contributed by atoms with E-state index < -0.39 is 69.7 Å². The highest BCUT2D eigenvalue weighted by atomic mass is 16.3. The van der Waals surface area contributed by atoms with Crippen molar-refractivity contribution in [2.45, 2.75) is 44.2 Å². The third-order valence-electron chi connectivity index (χ3n) is 8.45. The Bertz CT molecular complexity index is 1410. The molecule has 3 aliphatic rings. The number of carbonyl (C=O) groups is 4. The average molecular weight is 586 g/mol. The van der Waals surface area contributed by atoms with Crippen LogP contribution in [0.1, 0.15) is 37.3 Å². The molecule has 4 rings (SSSR count). The van der Waals surface area contributed by atoms with E-state index in [9.17, 15) is 39.6 Å². The summed E-state index contributed by atoms with van der Waals surface area (Å²) < 4.78 is 0. The van der Waals surface area contributed by atoms with Crippen molar-refractivity contribution in [2.75, 3.05) is 51.5 Å². The maximum Gasteiger partial charge on any atom is 0.255 e. The first kappa shape index (κ1) is 31.0. The summed E-state index contributed by atoms with van der Waals surface area (Å²) in [5.74, 6) is -7.71. The molecule has 0 heterocycles. The molecule has 0 aromatic heterocycles. The number of primary amides is 1. The number of nitrogens with two attached hydrogens (primary N) is 1. The van der Waals surface area contributed by atoms with Gasteiger partial charge in [-0.2, -0.15) is 0 Å². The third kappa shape index (κ3) is 4.80. The zero-order valence-electron chi connectivity index (χ0n) is 24.4. The van der Waals surface area contributed by atoms with Crippen LogP contribution >= 0.6 is 0 Å². The SMILES string of the molecule is CCCCNCC(=O)Nc1cc(N(C)C)c2c(c1O)C(O)=C1C(=O)[C@]3(O)C(O)=C(C(N)=O)C(=O)[C@@H](N(C)C)[C@@H]3C[C@@H]1C2. The number of anilines is 2. The molecule has 0 aliphatic heterocycles. The number of benzene rings is 1. The Balaban J connectivity index is 1.86. The maximum absolute atomic E-state index is 14.0. The molecule has 0 saturated heterocycles. The van der Waals surface area contributed by atoms with E-state index in [2.05, 4.69) is 10.6 Å². The molecule has 0 spiro atoms. The van der Waals surface area contributed by atoms with Crippen LogP contribution in [-0.4, -0.2) is 102 Å². The number of phenols is 1. The summed E-state index contributed by atoms with van der Waals surface area (Å²) in [5, 5.41) is 51.2. The molecular formula is C29H39N5O8. The number of rotatable bonds is 9. The molecule has 13 heteroatoms. The van der Waals surface area contributed by atoms with Gasteiger partial charge in [-0.25, -0.2) is 0 Å². The summed E-state index contributed by atoms with van der Waals surface area (Å²) >= 11 is 0. The van der Waals surface area contributed by atoms with Crippen molar-refractivity contribution in [3.05, 3.63) is 34.1 Å². The van der Waals surface area contributed by atoms with E-state index in [4.69, 9.17) is 5.73 Å². The predicted molar refractivity (Wildman–Crippen MR) is 155 cm³/mol. The fraction of sp³-hybridized carbons (Fsp3) is 0.517. The lowest BCUT2D eigenvalue weighted by molar-refractivity contribution is -0.153. The number of unbranched alkanes of at least 4 members (excludes halogenated alkanes) is 1. The fourth-order valence-electron chi connectivity index (χ4n) is 6.48. The molecule has 0 unspecified atom stereocenters. The van der Waals surface area contributed by atoms with Gasteiger partial charge in [-0.15, -0.1) is 0 Å².